The first-order valence-electron chi connectivity index (χ1n) is 3.20. The summed E-state index contributed by atoms with van der Waals surface area (Å²) in [5.41, 5.74) is 5.07. The van der Waals surface area contributed by atoms with E-state index in [9.17, 15) is 13.2 Å². The van der Waals surface area contributed by atoms with Crippen LogP contribution < -0.4 is 10.5 Å². The Morgan fingerprint density at radius 2 is 2.07 bits per heavy atom. The van der Waals surface area contributed by atoms with Crippen molar-refractivity contribution in [2.24, 2.45) is 0 Å². The summed E-state index contributed by atoms with van der Waals surface area (Å²) in [6.45, 7) is 0. The first kappa shape index (κ1) is 10.7. The van der Waals surface area contributed by atoms with E-state index in [1.807, 2.05) is 0 Å². The van der Waals surface area contributed by atoms with Crippen molar-refractivity contribution in [1.82, 2.24) is 4.98 Å². The number of aromatic hydroxyl groups is 1. The average Bonchev–Trinajstić information content (AvgIpc) is 2.04. The molecule has 0 radical (unpaired) electrons. The molecule has 8 heteroatoms. The molecule has 1 aromatic heterocycles. The molecule has 14 heavy (non-hydrogen) atoms. The molecule has 3 N–H and O–H groups in total. The van der Waals surface area contributed by atoms with Gasteiger partial charge in [-0.3, -0.25) is 0 Å². The number of ether oxygens (including phenoxy) is 1. The number of nitrogens with two attached hydrogens (primary N) is 1. The highest BCUT2D eigenvalue weighted by molar-refractivity contribution is 6.33. The minimum atomic E-state index is -4.89. The van der Waals surface area contributed by atoms with Crippen molar-refractivity contribution in [2.45, 2.75) is 6.36 Å². The number of nitrogens with zero attached hydrogens (tertiary/aromatic N) is 1. The molecular formula is C6H4ClF3N2O2. The molecule has 0 amide bonds. The molecule has 0 saturated heterocycles. The maximum Gasteiger partial charge on any atom is 0.573 e. The van der Waals surface area contributed by atoms with Gasteiger partial charge in [0.25, 0.3) is 0 Å². The molecule has 1 aromatic rings. The Bertz CT molecular complexity index is 356. The van der Waals surface area contributed by atoms with E-state index >= 15 is 0 Å². The van der Waals surface area contributed by atoms with E-state index in [2.05, 4.69) is 9.72 Å². The summed E-state index contributed by atoms with van der Waals surface area (Å²) in [7, 11) is 0. The van der Waals surface area contributed by atoms with Gasteiger partial charge in [-0.25, -0.2) is 4.98 Å². The summed E-state index contributed by atoms with van der Waals surface area (Å²) in [5.74, 6) is -1.91. The standard InChI is InChI=1S/C6H4ClF3N2O2/c7-3-2(14-6(8,9)10)1-12-5(11)4(3)13/h1,13H,(H2,11,12). The fourth-order valence-electron chi connectivity index (χ4n) is 0.671. The van der Waals surface area contributed by atoms with Gasteiger partial charge in [0.2, 0.25) is 0 Å². The highest BCUT2D eigenvalue weighted by Gasteiger charge is 2.33. The number of pyridine rings is 1. The molecule has 0 aliphatic rings. The van der Waals surface area contributed by atoms with Crippen molar-refractivity contribution in [3.05, 3.63) is 11.2 Å². The Morgan fingerprint density at radius 1 is 1.50 bits per heavy atom. The first-order valence-corrected chi connectivity index (χ1v) is 3.57. The van der Waals surface area contributed by atoms with Gasteiger partial charge < -0.3 is 15.6 Å². The summed E-state index contributed by atoms with van der Waals surface area (Å²) in [6.07, 6.45) is -4.22. The Balaban J connectivity index is 3.06. The van der Waals surface area contributed by atoms with E-state index in [0.717, 1.165) is 0 Å². The van der Waals surface area contributed by atoms with Crippen LogP contribution in [-0.4, -0.2) is 16.5 Å². The molecule has 4 nitrogen and oxygen atoms in total. The summed E-state index contributed by atoms with van der Waals surface area (Å²) < 4.78 is 38.7. The van der Waals surface area contributed by atoms with Gasteiger partial charge in [-0.15, -0.1) is 13.2 Å². The topological polar surface area (TPSA) is 68.4 Å². The first-order chi connectivity index (χ1) is 6.31. The third kappa shape index (κ3) is 2.32. The van der Waals surface area contributed by atoms with Gasteiger partial charge >= 0.3 is 6.36 Å². The van der Waals surface area contributed by atoms with Gasteiger partial charge in [0.1, 0.15) is 5.02 Å². The lowest BCUT2D eigenvalue weighted by molar-refractivity contribution is -0.274. The summed E-state index contributed by atoms with van der Waals surface area (Å²) in [6, 6.07) is 0. The van der Waals surface area contributed by atoms with Crippen LogP contribution in [0.15, 0.2) is 6.20 Å². The zero-order valence-corrected chi connectivity index (χ0v) is 7.23. The zero-order valence-electron chi connectivity index (χ0n) is 6.47. The van der Waals surface area contributed by atoms with E-state index in [1.54, 1.807) is 0 Å². The average molecular weight is 229 g/mol. The molecule has 0 atom stereocenters. The fraction of sp³-hybridized carbons (Fsp3) is 0.167. The lowest BCUT2D eigenvalue weighted by Gasteiger charge is -2.10. The van der Waals surface area contributed by atoms with E-state index < -0.39 is 22.9 Å². The number of hydrogen-bond acceptors (Lipinski definition) is 4. The Hall–Kier alpha value is -1.37. The molecule has 78 valence electrons. The molecule has 1 rings (SSSR count). The summed E-state index contributed by atoms with van der Waals surface area (Å²) in [5, 5.41) is 8.39. The van der Waals surface area contributed by atoms with Crippen LogP contribution in [0.2, 0.25) is 5.02 Å². The summed E-state index contributed by atoms with van der Waals surface area (Å²) >= 11 is 5.31. The SMILES string of the molecule is Nc1ncc(OC(F)(F)F)c(Cl)c1O. The van der Waals surface area contributed by atoms with Crippen LogP contribution in [0, 0.1) is 0 Å². The van der Waals surface area contributed by atoms with E-state index in [1.165, 1.54) is 0 Å². The second kappa shape index (κ2) is 3.41. The highest BCUT2D eigenvalue weighted by atomic mass is 35.5. The van der Waals surface area contributed by atoms with E-state index in [0.29, 0.717) is 6.20 Å². The molecule has 0 saturated carbocycles. The minimum absolute atomic E-state index is 0.371. The fourth-order valence-corrected chi connectivity index (χ4v) is 0.855. The Labute approximate surface area is 81.1 Å². The van der Waals surface area contributed by atoms with Crippen LogP contribution >= 0.6 is 11.6 Å². The third-order valence-corrected chi connectivity index (χ3v) is 1.58. The number of anilines is 1. The molecule has 0 unspecified atom stereocenters. The predicted octanol–water partition coefficient (Wildman–Crippen LogP) is 1.92. The van der Waals surface area contributed by atoms with Crippen LogP contribution in [0.4, 0.5) is 19.0 Å². The zero-order chi connectivity index (χ0) is 10.9. The number of halogens is 4. The Kier molecular flexibility index (Phi) is 2.61. The van der Waals surface area contributed by atoms with Crippen molar-refractivity contribution in [1.29, 1.82) is 0 Å². The largest absolute Gasteiger partial charge is 0.573 e. The maximum absolute atomic E-state index is 11.7. The summed E-state index contributed by atoms with van der Waals surface area (Å²) in [4.78, 5) is 3.24. The van der Waals surface area contributed by atoms with Crippen LogP contribution in [-0.2, 0) is 0 Å². The van der Waals surface area contributed by atoms with Gasteiger partial charge in [-0.1, -0.05) is 11.6 Å². The second-order valence-electron chi connectivity index (χ2n) is 2.22. The molecule has 0 aliphatic carbocycles. The van der Waals surface area contributed by atoms with Crippen LogP contribution in [0.5, 0.6) is 11.5 Å². The molecule has 1 heterocycles. The number of alkyl halides is 3. The van der Waals surface area contributed by atoms with Crippen molar-refractivity contribution in [3.63, 3.8) is 0 Å². The number of hydrogen-bond donors (Lipinski definition) is 2. The van der Waals surface area contributed by atoms with Gasteiger partial charge in [-0.05, 0) is 0 Å². The predicted molar refractivity (Wildman–Crippen MR) is 42.0 cm³/mol. The normalized spacial score (nSPS) is 11.4. The monoisotopic (exact) mass is 228 g/mol. The maximum atomic E-state index is 11.7. The van der Waals surface area contributed by atoms with Gasteiger partial charge in [0.05, 0.1) is 6.20 Å². The smallest absolute Gasteiger partial charge is 0.503 e. The molecule has 0 spiro atoms. The molecule has 0 aromatic carbocycles. The van der Waals surface area contributed by atoms with Crippen molar-refractivity contribution in [3.8, 4) is 11.5 Å². The molecule has 0 fully saturated rings. The molecule has 0 aliphatic heterocycles. The number of rotatable bonds is 1. The molecule has 0 bridgehead atoms. The second-order valence-corrected chi connectivity index (χ2v) is 2.60. The van der Waals surface area contributed by atoms with E-state index in [-0.39, 0.29) is 5.82 Å². The van der Waals surface area contributed by atoms with Crippen LogP contribution in [0.1, 0.15) is 0 Å². The number of nitrogen functional groups attached to an aromatic ring is 1. The lowest BCUT2D eigenvalue weighted by atomic mass is 10.4. The van der Waals surface area contributed by atoms with Crippen LogP contribution in [0.3, 0.4) is 0 Å². The van der Waals surface area contributed by atoms with Gasteiger partial charge in [0.15, 0.2) is 17.3 Å². The highest BCUT2D eigenvalue weighted by Crippen LogP contribution is 2.38. The Morgan fingerprint density at radius 3 is 2.57 bits per heavy atom. The van der Waals surface area contributed by atoms with Crippen LogP contribution in [0.25, 0.3) is 0 Å². The van der Waals surface area contributed by atoms with Gasteiger partial charge in [0, 0.05) is 0 Å². The molecular weight excluding hydrogens is 225 g/mol. The van der Waals surface area contributed by atoms with E-state index in [4.69, 9.17) is 22.4 Å². The van der Waals surface area contributed by atoms with Gasteiger partial charge in [-0.2, -0.15) is 0 Å². The minimum Gasteiger partial charge on any atom is -0.503 e. The van der Waals surface area contributed by atoms with Crippen molar-refractivity contribution < 1.29 is 23.0 Å². The van der Waals surface area contributed by atoms with Crippen molar-refractivity contribution in [2.75, 3.05) is 5.73 Å². The number of aromatic nitrogens is 1. The third-order valence-electron chi connectivity index (χ3n) is 1.21. The van der Waals surface area contributed by atoms with Crippen molar-refractivity contribution >= 4 is 17.4 Å². The quantitative estimate of drug-likeness (QED) is 0.771. The lowest BCUT2D eigenvalue weighted by Crippen LogP contribution is -2.17.